The highest BCUT2D eigenvalue weighted by Gasteiger charge is 2.42. The minimum Gasteiger partial charge on any atom is -0.461 e. The molecule has 0 fully saturated rings. The smallest absolute Gasteiger partial charge is 0.336 e. The Morgan fingerprint density at radius 1 is 1.25 bits per heavy atom. The van der Waals surface area contributed by atoms with E-state index in [4.69, 9.17) is 16.3 Å². The van der Waals surface area contributed by atoms with Crippen molar-refractivity contribution in [1.82, 2.24) is 5.32 Å². The molecule has 0 radical (unpaired) electrons. The predicted molar refractivity (Wildman–Crippen MR) is 132 cm³/mol. The lowest BCUT2D eigenvalue weighted by Crippen LogP contribution is -2.36. The van der Waals surface area contributed by atoms with Crippen molar-refractivity contribution in [2.24, 2.45) is 0 Å². The summed E-state index contributed by atoms with van der Waals surface area (Å²) in [5.41, 5.74) is 3.49. The van der Waals surface area contributed by atoms with Gasteiger partial charge >= 0.3 is 5.97 Å². The van der Waals surface area contributed by atoms with Crippen molar-refractivity contribution < 1.29 is 14.3 Å². The van der Waals surface area contributed by atoms with Gasteiger partial charge in [-0.05, 0) is 42.2 Å². The molecule has 4 rings (SSSR count). The van der Waals surface area contributed by atoms with E-state index in [-0.39, 0.29) is 11.7 Å². The van der Waals surface area contributed by atoms with E-state index in [1.54, 1.807) is 29.2 Å². The Morgan fingerprint density at radius 2 is 2.06 bits per heavy atom. The van der Waals surface area contributed by atoms with Crippen LogP contribution in [0.2, 0.25) is 5.02 Å². The van der Waals surface area contributed by atoms with E-state index in [0.29, 0.717) is 29.2 Å². The molecule has 0 saturated carbocycles. The number of hydrogen-bond donors (Lipinski definition) is 1. The largest absolute Gasteiger partial charge is 0.461 e. The molecule has 1 aromatic carbocycles. The fourth-order valence-electron chi connectivity index (χ4n) is 4.47. The third-order valence-corrected chi connectivity index (χ3v) is 8.12. The van der Waals surface area contributed by atoms with E-state index in [2.05, 4.69) is 18.3 Å². The molecule has 0 spiro atoms. The van der Waals surface area contributed by atoms with Gasteiger partial charge < -0.3 is 10.1 Å². The van der Waals surface area contributed by atoms with Gasteiger partial charge in [-0.25, -0.2) is 4.79 Å². The Balaban J connectivity index is 1.73. The van der Waals surface area contributed by atoms with Gasteiger partial charge in [0.2, 0.25) is 0 Å². The lowest BCUT2D eigenvalue weighted by molar-refractivity contribution is -0.138. The average molecular weight is 488 g/mol. The van der Waals surface area contributed by atoms with Crippen molar-refractivity contribution in [2.45, 2.75) is 38.5 Å². The standard InChI is InChI=1S/C25H26ClNO3S2/c1-3-31-12-10-30-25(29)22-15(2)27-19-13-16(21-9-6-11-32-21)14-20(28)24(19)23(22)17-7-4-5-8-18(17)26/h4-9,11,16,23,27H,3,10,12-14H2,1-2H3/t16-,23-/m1/s1. The number of carbonyl (C=O) groups excluding carboxylic acids is 2. The Kier molecular flexibility index (Phi) is 7.44. The van der Waals surface area contributed by atoms with Crippen LogP contribution in [0.1, 0.15) is 49.0 Å². The number of esters is 1. The van der Waals surface area contributed by atoms with Crippen LogP contribution in [0, 0.1) is 0 Å². The highest BCUT2D eigenvalue weighted by molar-refractivity contribution is 7.99. The number of thioether (sulfide) groups is 1. The van der Waals surface area contributed by atoms with E-state index in [1.807, 2.05) is 36.6 Å². The maximum absolute atomic E-state index is 13.5. The molecule has 0 amide bonds. The number of ketones is 1. The van der Waals surface area contributed by atoms with Crippen LogP contribution in [0.25, 0.3) is 0 Å². The zero-order chi connectivity index (χ0) is 22.7. The third kappa shape index (κ3) is 4.68. The van der Waals surface area contributed by atoms with Crippen LogP contribution in [-0.2, 0) is 14.3 Å². The first-order valence-corrected chi connectivity index (χ1v) is 13.2. The number of benzene rings is 1. The van der Waals surface area contributed by atoms with Crippen LogP contribution < -0.4 is 5.32 Å². The van der Waals surface area contributed by atoms with Crippen molar-refractivity contribution in [3.8, 4) is 0 Å². The van der Waals surface area contributed by atoms with Crippen LogP contribution in [0.15, 0.2) is 64.3 Å². The molecule has 4 nitrogen and oxygen atoms in total. The molecule has 0 saturated heterocycles. The number of dihydropyridines is 1. The summed E-state index contributed by atoms with van der Waals surface area (Å²) in [5, 5.41) is 5.97. The van der Waals surface area contributed by atoms with Gasteiger partial charge in [-0.2, -0.15) is 11.8 Å². The molecule has 7 heteroatoms. The molecule has 2 aliphatic rings. The second-order valence-corrected chi connectivity index (χ2v) is 10.7. The number of rotatable bonds is 7. The minimum atomic E-state index is -0.525. The fraction of sp³-hybridized carbons (Fsp3) is 0.360. The SMILES string of the molecule is CCSCCOC(=O)C1=C(C)NC2=C(C(=O)C[C@H](c3cccs3)C2)[C@@H]1c1ccccc1Cl. The Morgan fingerprint density at radius 3 is 2.78 bits per heavy atom. The number of allylic oxidation sites excluding steroid dienone is 3. The number of carbonyl (C=O) groups is 2. The van der Waals surface area contributed by atoms with E-state index in [9.17, 15) is 9.59 Å². The summed E-state index contributed by atoms with van der Waals surface area (Å²) in [4.78, 5) is 27.9. The summed E-state index contributed by atoms with van der Waals surface area (Å²) in [6.07, 6.45) is 1.16. The van der Waals surface area contributed by atoms with Crippen molar-refractivity contribution in [3.05, 3.63) is 79.8 Å². The van der Waals surface area contributed by atoms with Gasteiger partial charge in [0.15, 0.2) is 5.78 Å². The summed E-state index contributed by atoms with van der Waals surface area (Å²) in [6.45, 7) is 4.29. The second kappa shape index (κ2) is 10.3. The summed E-state index contributed by atoms with van der Waals surface area (Å²) in [5.74, 6) is 1.00. The van der Waals surface area contributed by atoms with Gasteiger partial charge in [-0.15, -0.1) is 11.3 Å². The maximum atomic E-state index is 13.5. The van der Waals surface area contributed by atoms with E-state index < -0.39 is 11.9 Å². The second-order valence-electron chi connectivity index (χ2n) is 7.89. The number of thiophene rings is 1. The number of hydrogen-bond acceptors (Lipinski definition) is 6. The first-order valence-electron chi connectivity index (χ1n) is 10.8. The molecule has 1 aliphatic heterocycles. The lowest BCUT2D eigenvalue weighted by Gasteiger charge is -2.36. The number of halogens is 1. The normalized spacial score (nSPS) is 20.8. The summed E-state index contributed by atoms with van der Waals surface area (Å²) in [7, 11) is 0. The van der Waals surface area contributed by atoms with Gasteiger partial charge in [0.25, 0.3) is 0 Å². The molecule has 1 aliphatic carbocycles. The van der Waals surface area contributed by atoms with Crippen LogP contribution in [0.4, 0.5) is 0 Å². The summed E-state index contributed by atoms with van der Waals surface area (Å²) >= 11 is 9.98. The number of Topliss-reactive ketones (excluding diaryl/α,β-unsaturated/α-hetero) is 1. The van der Waals surface area contributed by atoms with Gasteiger partial charge in [-0.3, -0.25) is 4.79 Å². The first kappa shape index (κ1) is 23.1. The van der Waals surface area contributed by atoms with Crippen LogP contribution >= 0.6 is 34.7 Å². The minimum absolute atomic E-state index is 0.0569. The van der Waals surface area contributed by atoms with E-state index in [1.165, 1.54) is 4.88 Å². The zero-order valence-electron chi connectivity index (χ0n) is 18.2. The molecular formula is C25H26ClNO3S2. The third-order valence-electron chi connectivity index (χ3n) is 5.87. The van der Waals surface area contributed by atoms with Crippen LogP contribution in [0.3, 0.4) is 0 Å². The molecule has 0 unspecified atom stereocenters. The molecule has 168 valence electrons. The first-order chi connectivity index (χ1) is 15.5. The van der Waals surface area contributed by atoms with Crippen molar-refractivity contribution in [2.75, 3.05) is 18.1 Å². The summed E-state index contributed by atoms with van der Waals surface area (Å²) < 4.78 is 5.61. The Bertz CT molecular complexity index is 1070. The van der Waals surface area contributed by atoms with Gasteiger partial charge in [0.1, 0.15) is 6.61 Å². The summed E-state index contributed by atoms with van der Waals surface area (Å²) in [6, 6.07) is 11.6. The fourth-order valence-corrected chi connectivity index (χ4v) is 6.04. The zero-order valence-corrected chi connectivity index (χ0v) is 20.5. The monoisotopic (exact) mass is 487 g/mol. The van der Waals surface area contributed by atoms with Crippen molar-refractivity contribution >= 4 is 46.5 Å². The van der Waals surface area contributed by atoms with Crippen molar-refractivity contribution in [1.29, 1.82) is 0 Å². The Labute approximate surface area is 202 Å². The number of ether oxygens (including phenoxy) is 1. The van der Waals surface area contributed by atoms with Crippen LogP contribution in [-0.4, -0.2) is 29.9 Å². The number of nitrogens with one attached hydrogen (secondary N) is 1. The van der Waals surface area contributed by atoms with Crippen LogP contribution in [0.5, 0.6) is 0 Å². The van der Waals surface area contributed by atoms with Gasteiger partial charge in [-0.1, -0.05) is 42.8 Å². The Hall–Kier alpha value is -2.02. The van der Waals surface area contributed by atoms with Gasteiger partial charge in [0.05, 0.1) is 5.57 Å². The molecule has 1 aromatic heterocycles. The highest BCUT2D eigenvalue weighted by atomic mass is 35.5. The maximum Gasteiger partial charge on any atom is 0.336 e. The van der Waals surface area contributed by atoms with Gasteiger partial charge in [0, 0.05) is 50.9 Å². The van der Waals surface area contributed by atoms with Crippen molar-refractivity contribution in [3.63, 3.8) is 0 Å². The molecule has 32 heavy (non-hydrogen) atoms. The molecule has 2 atom stereocenters. The van der Waals surface area contributed by atoms with E-state index >= 15 is 0 Å². The topological polar surface area (TPSA) is 55.4 Å². The molecular weight excluding hydrogens is 462 g/mol. The molecule has 2 heterocycles. The molecule has 1 N–H and O–H groups in total. The molecule has 2 aromatic rings. The lowest BCUT2D eigenvalue weighted by atomic mass is 9.72. The molecule has 0 bridgehead atoms. The predicted octanol–water partition coefficient (Wildman–Crippen LogP) is 6.06. The average Bonchev–Trinajstić information content (AvgIpc) is 3.31. The highest BCUT2D eigenvalue weighted by Crippen LogP contribution is 2.47. The van der Waals surface area contributed by atoms with E-state index in [0.717, 1.165) is 34.9 Å². The quantitative estimate of drug-likeness (QED) is 0.380.